The van der Waals surface area contributed by atoms with Crippen LogP contribution in [0.3, 0.4) is 0 Å². The minimum absolute atomic E-state index is 0.0379. The smallest absolute Gasteiger partial charge is 0.220 e. The van der Waals surface area contributed by atoms with Gasteiger partial charge in [0.05, 0.1) is 14.2 Å². The Morgan fingerprint density at radius 3 is 2.74 bits per heavy atom. The molecule has 2 aromatic heterocycles. The largest absolute Gasteiger partial charge is 0.493 e. The molecule has 1 amide bonds. The number of pyridine rings is 1. The molecule has 1 aromatic carbocycles. The summed E-state index contributed by atoms with van der Waals surface area (Å²) in [5.74, 6) is 2.31. The fourth-order valence-corrected chi connectivity index (χ4v) is 2.92. The van der Waals surface area contributed by atoms with E-state index in [9.17, 15) is 4.79 Å². The topological polar surface area (TPSA) is 77.8 Å². The first kappa shape index (κ1) is 18.7. The second-order valence-corrected chi connectivity index (χ2v) is 6.19. The number of hydrogen-bond donors (Lipinski definition) is 1. The summed E-state index contributed by atoms with van der Waals surface area (Å²) < 4.78 is 12.5. The summed E-state index contributed by atoms with van der Waals surface area (Å²) in [6.45, 7) is 0.618. The molecular formula is C20H24N4O3. The van der Waals surface area contributed by atoms with Gasteiger partial charge in [-0.15, -0.1) is 10.2 Å². The molecule has 0 unspecified atom stereocenters. The number of carbonyl (C=O) groups excluding carboxylic acids is 1. The summed E-state index contributed by atoms with van der Waals surface area (Å²) >= 11 is 0. The van der Waals surface area contributed by atoms with E-state index in [1.807, 2.05) is 47.0 Å². The molecular weight excluding hydrogens is 344 g/mol. The van der Waals surface area contributed by atoms with Crippen molar-refractivity contribution in [1.82, 2.24) is 19.9 Å². The Kier molecular flexibility index (Phi) is 6.25. The van der Waals surface area contributed by atoms with Crippen LogP contribution in [0.25, 0.3) is 5.65 Å². The number of aromatic nitrogens is 3. The average molecular weight is 368 g/mol. The van der Waals surface area contributed by atoms with E-state index in [0.717, 1.165) is 29.9 Å². The molecule has 3 rings (SSSR count). The molecule has 0 radical (unpaired) electrons. The number of aryl methyl sites for hydroxylation is 2. The van der Waals surface area contributed by atoms with Crippen molar-refractivity contribution in [3.63, 3.8) is 0 Å². The molecule has 0 saturated heterocycles. The van der Waals surface area contributed by atoms with Crippen molar-refractivity contribution in [3.05, 3.63) is 54.0 Å². The first-order chi connectivity index (χ1) is 13.2. The molecule has 7 nitrogen and oxygen atoms in total. The van der Waals surface area contributed by atoms with E-state index in [4.69, 9.17) is 9.47 Å². The van der Waals surface area contributed by atoms with E-state index in [2.05, 4.69) is 15.5 Å². The monoisotopic (exact) mass is 368 g/mol. The Morgan fingerprint density at radius 2 is 1.93 bits per heavy atom. The van der Waals surface area contributed by atoms with Crippen LogP contribution in [0, 0.1) is 0 Å². The molecule has 3 aromatic rings. The van der Waals surface area contributed by atoms with Crippen molar-refractivity contribution in [2.45, 2.75) is 25.7 Å². The summed E-state index contributed by atoms with van der Waals surface area (Å²) in [5, 5.41) is 11.3. The number of hydrogen-bond acceptors (Lipinski definition) is 5. The van der Waals surface area contributed by atoms with Gasteiger partial charge in [0, 0.05) is 25.6 Å². The summed E-state index contributed by atoms with van der Waals surface area (Å²) in [6.07, 6.45) is 4.62. The van der Waals surface area contributed by atoms with E-state index in [1.54, 1.807) is 14.2 Å². The lowest BCUT2D eigenvalue weighted by Crippen LogP contribution is -2.25. The number of ether oxygens (including phenoxy) is 2. The number of benzene rings is 1. The maximum Gasteiger partial charge on any atom is 0.220 e. The van der Waals surface area contributed by atoms with Crippen LogP contribution >= 0.6 is 0 Å². The van der Waals surface area contributed by atoms with Crippen LogP contribution in [0.5, 0.6) is 11.5 Å². The summed E-state index contributed by atoms with van der Waals surface area (Å²) in [5.41, 5.74) is 1.88. The van der Waals surface area contributed by atoms with Gasteiger partial charge in [0.25, 0.3) is 0 Å². The second-order valence-electron chi connectivity index (χ2n) is 6.19. The fourth-order valence-electron chi connectivity index (χ4n) is 2.92. The predicted molar refractivity (Wildman–Crippen MR) is 102 cm³/mol. The number of amides is 1. The highest BCUT2D eigenvalue weighted by atomic mass is 16.5. The molecule has 0 saturated carbocycles. The third-order valence-electron chi connectivity index (χ3n) is 4.37. The second kappa shape index (κ2) is 9.02. The number of methoxy groups -OCH3 is 2. The van der Waals surface area contributed by atoms with E-state index in [0.29, 0.717) is 30.9 Å². The first-order valence-electron chi connectivity index (χ1n) is 8.97. The lowest BCUT2D eigenvalue weighted by molar-refractivity contribution is -0.121. The molecule has 0 aliphatic carbocycles. The van der Waals surface area contributed by atoms with Crippen LogP contribution in [0.2, 0.25) is 0 Å². The predicted octanol–water partition coefficient (Wildman–Crippen LogP) is 2.43. The zero-order valence-corrected chi connectivity index (χ0v) is 15.6. The maximum absolute atomic E-state index is 12.1. The zero-order chi connectivity index (χ0) is 19.1. The average Bonchev–Trinajstić information content (AvgIpc) is 3.12. The Morgan fingerprint density at radius 1 is 1.07 bits per heavy atom. The number of rotatable bonds is 9. The normalized spacial score (nSPS) is 10.7. The van der Waals surface area contributed by atoms with Gasteiger partial charge in [-0.25, -0.2) is 0 Å². The maximum atomic E-state index is 12.1. The Hall–Kier alpha value is -3.09. The lowest BCUT2D eigenvalue weighted by atomic mass is 10.1. The van der Waals surface area contributed by atoms with Gasteiger partial charge in [-0.1, -0.05) is 12.1 Å². The third-order valence-corrected chi connectivity index (χ3v) is 4.37. The van der Waals surface area contributed by atoms with Gasteiger partial charge in [-0.2, -0.15) is 0 Å². The fraction of sp³-hybridized carbons (Fsp3) is 0.350. The lowest BCUT2D eigenvalue weighted by Gasteiger charge is -2.09. The summed E-state index contributed by atoms with van der Waals surface area (Å²) in [7, 11) is 3.21. The third kappa shape index (κ3) is 4.75. The standard InChI is InChI=1S/C20H24N4O3/c1-26-16-10-8-15(14-17(16)27-2)9-11-20(25)21-12-5-7-19-23-22-18-6-3-4-13-24(18)19/h3-4,6,8,10,13-14H,5,7,9,11-12H2,1-2H3,(H,21,25). The SMILES string of the molecule is COc1ccc(CCC(=O)NCCCc2nnc3ccccn23)cc1OC. The number of nitrogens with zero attached hydrogens (tertiary/aromatic N) is 3. The van der Waals surface area contributed by atoms with Gasteiger partial charge in [0.2, 0.25) is 5.91 Å². The summed E-state index contributed by atoms with van der Waals surface area (Å²) in [6, 6.07) is 11.5. The quantitative estimate of drug-likeness (QED) is 0.587. The van der Waals surface area contributed by atoms with Gasteiger partial charge >= 0.3 is 0 Å². The highest BCUT2D eigenvalue weighted by Crippen LogP contribution is 2.27. The van der Waals surface area contributed by atoms with E-state index in [1.165, 1.54) is 0 Å². The van der Waals surface area contributed by atoms with Gasteiger partial charge in [-0.05, 0) is 42.7 Å². The van der Waals surface area contributed by atoms with Gasteiger partial charge in [-0.3, -0.25) is 9.20 Å². The Labute approximate surface area is 158 Å². The van der Waals surface area contributed by atoms with E-state index in [-0.39, 0.29) is 5.91 Å². The molecule has 27 heavy (non-hydrogen) atoms. The highest BCUT2D eigenvalue weighted by Gasteiger charge is 2.08. The van der Waals surface area contributed by atoms with Gasteiger partial charge < -0.3 is 14.8 Å². The zero-order valence-electron chi connectivity index (χ0n) is 15.6. The van der Waals surface area contributed by atoms with Crippen molar-refractivity contribution in [3.8, 4) is 11.5 Å². The van der Waals surface area contributed by atoms with Crippen molar-refractivity contribution >= 4 is 11.6 Å². The number of carbonyl (C=O) groups is 1. The Bertz CT molecular complexity index is 907. The Balaban J connectivity index is 1.41. The molecule has 0 aliphatic rings. The van der Waals surface area contributed by atoms with Gasteiger partial charge in [0.15, 0.2) is 17.1 Å². The van der Waals surface area contributed by atoms with Crippen LogP contribution in [0.4, 0.5) is 0 Å². The van der Waals surface area contributed by atoms with Crippen LogP contribution in [0.1, 0.15) is 24.2 Å². The molecule has 2 heterocycles. The molecule has 0 spiro atoms. The summed E-state index contributed by atoms with van der Waals surface area (Å²) in [4.78, 5) is 12.1. The van der Waals surface area contributed by atoms with Crippen molar-refractivity contribution < 1.29 is 14.3 Å². The molecule has 0 bridgehead atoms. The van der Waals surface area contributed by atoms with Crippen molar-refractivity contribution in [2.75, 3.05) is 20.8 Å². The van der Waals surface area contributed by atoms with Gasteiger partial charge in [0.1, 0.15) is 5.82 Å². The highest BCUT2D eigenvalue weighted by molar-refractivity contribution is 5.76. The van der Waals surface area contributed by atoms with Crippen LogP contribution in [-0.2, 0) is 17.6 Å². The van der Waals surface area contributed by atoms with Crippen molar-refractivity contribution in [1.29, 1.82) is 0 Å². The van der Waals surface area contributed by atoms with Crippen molar-refractivity contribution in [2.24, 2.45) is 0 Å². The molecule has 7 heteroatoms. The van der Waals surface area contributed by atoms with Crippen LogP contribution in [-0.4, -0.2) is 41.3 Å². The molecule has 0 fully saturated rings. The molecule has 1 N–H and O–H groups in total. The van der Waals surface area contributed by atoms with Crippen LogP contribution in [0.15, 0.2) is 42.6 Å². The van der Waals surface area contributed by atoms with E-state index < -0.39 is 0 Å². The molecule has 0 atom stereocenters. The first-order valence-corrected chi connectivity index (χ1v) is 8.97. The minimum Gasteiger partial charge on any atom is -0.493 e. The molecule has 142 valence electrons. The van der Waals surface area contributed by atoms with Crippen LogP contribution < -0.4 is 14.8 Å². The minimum atomic E-state index is 0.0379. The van der Waals surface area contributed by atoms with E-state index >= 15 is 0 Å². The number of fused-ring (bicyclic) bond motifs is 1. The molecule has 0 aliphatic heterocycles. The number of nitrogens with one attached hydrogen (secondary N) is 1.